The van der Waals surface area contributed by atoms with Crippen LogP contribution in [0.1, 0.15) is 23.8 Å². The Labute approximate surface area is 133 Å². The van der Waals surface area contributed by atoms with Crippen LogP contribution in [-0.2, 0) is 4.74 Å². The van der Waals surface area contributed by atoms with Crippen LogP contribution < -0.4 is 0 Å². The highest BCUT2D eigenvalue weighted by Crippen LogP contribution is 2.32. The molecule has 2 aliphatic heterocycles. The molecule has 2 saturated heterocycles. The molecule has 2 amide bonds. The zero-order valence-electron chi connectivity index (χ0n) is 12.9. The molecule has 0 radical (unpaired) electrons. The molecular formula is C16H18N4O3. The molecule has 1 N–H and O–H groups in total. The summed E-state index contributed by atoms with van der Waals surface area (Å²) in [5.74, 6) is -0.103. The highest BCUT2D eigenvalue weighted by molar-refractivity contribution is 6.04. The summed E-state index contributed by atoms with van der Waals surface area (Å²) < 4.78 is 5.21. The lowest BCUT2D eigenvalue weighted by molar-refractivity contribution is 0.0359. The van der Waals surface area contributed by atoms with Gasteiger partial charge in [0, 0.05) is 25.0 Å². The average molecular weight is 314 g/mol. The molecule has 3 heterocycles. The minimum Gasteiger partial charge on any atom is -0.447 e. The molecule has 23 heavy (non-hydrogen) atoms. The number of hydrogen-bond donors (Lipinski definition) is 1. The molecular weight excluding hydrogens is 296 g/mol. The number of piperazine rings is 1. The molecule has 2 aromatic rings. The highest BCUT2D eigenvalue weighted by atomic mass is 16.6. The number of amides is 2. The topological polar surface area (TPSA) is 78.5 Å². The molecule has 0 aliphatic carbocycles. The second kappa shape index (κ2) is 4.97. The monoisotopic (exact) mass is 314 g/mol. The molecule has 4 rings (SSSR count). The number of H-pyrrole nitrogens is 1. The zero-order chi connectivity index (χ0) is 16.0. The Balaban J connectivity index is 1.64. The number of hydrogen-bond acceptors (Lipinski definition) is 4. The second-order valence-electron chi connectivity index (χ2n) is 6.13. The number of nitrogens with one attached hydrogen (secondary N) is 1. The molecule has 2 aliphatic rings. The summed E-state index contributed by atoms with van der Waals surface area (Å²) in [6, 6.07) is 7.58. The first-order valence-corrected chi connectivity index (χ1v) is 7.81. The molecule has 7 heteroatoms. The number of ether oxygens (including phenoxy) is 1. The van der Waals surface area contributed by atoms with Crippen molar-refractivity contribution in [1.82, 2.24) is 20.0 Å². The van der Waals surface area contributed by atoms with Crippen molar-refractivity contribution in [2.75, 3.05) is 26.2 Å². The number of aromatic amines is 1. The minimum absolute atomic E-state index is 0.103. The van der Waals surface area contributed by atoms with Crippen LogP contribution in [0.5, 0.6) is 0 Å². The van der Waals surface area contributed by atoms with Gasteiger partial charge in [-0.05, 0) is 12.5 Å². The molecule has 2 fully saturated rings. The fourth-order valence-corrected chi connectivity index (χ4v) is 3.51. The Morgan fingerprint density at radius 3 is 3.04 bits per heavy atom. The van der Waals surface area contributed by atoms with Crippen LogP contribution in [0.3, 0.4) is 0 Å². The summed E-state index contributed by atoms with van der Waals surface area (Å²) in [6.45, 7) is 3.84. The maximum atomic E-state index is 12.9. The number of carbonyl (C=O) groups excluding carboxylic acids is 2. The first kappa shape index (κ1) is 14.0. The standard InChI is InChI=1S/C16H18N4O3/c1-2-16-9-19(7-8-20(16)15(22)23-10-16)14(21)13-11-5-3-4-6-12(11)17-18-13/h3-6H,2,7-10H2,1H3,(H,17,18). The Kier molecular flexibility index (Phi) is 3.04. The lowest BCUT2D eigenvalue weighted by Gasteiger charge is -2.44. The molecule has 7 nitrogen and oxygen atoms in total. The summed E-state index contributed by atoms with van der Waals surface area (Å²) in [5.41, 5.74) is 0.876. The maximum absolute atomic E-state index is 12.9. The van der Waals surface area contributed by atoms with Gasteiger partial charge in [-0.2, -0.15) is 5.10 Å². The van der Waals surface area contributed by atoms with Gasteiger partial charge in [0.1, 0.15) is 6.61 Å². The van der Waals surface area contributed by atoms with Gasteiger partial charge >= 0.3 is 6.09 Å². The molecule has 0 bridgehead atoms. The summed E-state index contributed by atoms with van der Waals surface area (Å²) in [4.78, 5) is 28.3. The lowest BCUT2D eigenvalue weighted by atomic mass is 9.92. The number of para-hydroxylation sites is 1. The van der Waals surface area contributed by atoms with Gasteiger partial charge in [0.25, 0.3) is 5.91 Å². The van der Waals surface area contributed by atoms with E-state index in [1.165, 1.54) is 0 Å². The summed E-state index contributed by atoms with van der Waals surface area (Å²) in [7, 11) is 0. The highest BCUT2D eigenvalue weighted by Gasteiger charge is 2.50. The molecule has 1 aromatic heterocycles. The predicted molar refractivity (Wildman–Crippen MR) is 83.1 cm³/mol. The number of carbonyl (C=O) groups is 2. The summed E-state index contributed by atoms with van der Waals surface area (Å²) in [6.07, 6.45) is 0.480. The van der Waals surface area contributed by atoms with Crippen molar-refractivity contribution < 1.29 is 14.3 Å². The third-order valence-electron chi connectivity index (χ3n) is 4.95. The molecule has 120 valence electrons. The minimum atomic E-state index is -0.406. The van der Waals surface area contributed by atoms with Crippen molar-refractivity contribution in [3.05, 3.63) is 30.0 Å². The van der Waals surface area contributed by atoms with Gasteiger partial charge < -0.3 is 9.64 Å². The fraction of sp³-hybridized carbons (Fsp3) is 0.438. The van der Waals surface area contributed by atoms with Crippen LogP contribution in [0.15, 0.2) is 24.3 Å². The Bertz CT molecular complexity index is 786. The van der Waals surface area contributed by atoms with Crippen molar-refractivity contribution in [2.45, 2.75) is 18.9 Å². The first-order valence-electron chi connectivity index (χ1n) is 7.81. The lowest BCUT2D eigenvalue weighted by Crippen LogP contribution is -2.62. The van der Waals surface area contributed by atoms with Crippen LogP contribution in [0, 0.1) is 0 Å². The van der Waals surface area contributed by atoms with E-state index < -0.39 is 5.54 Å². The molecule has 0 saturated carbocycles. The number of rotatable bonds is 2. The van der Waals surface area contributed by atoms with E-state index in [4.69, 9.17) is 4.74 Å². The summed E-state index contributed by atoms with van der Waals surface area (Å²) >= 11 is 0. The van der Waals surface area contributed by atoms with E-state index >= 15 is 0 Å². The van der Waals surface area contributed by atoms with E-state index in [9.17, 15) is 9.59 Å². The fourth-order valence-electron chi connectivity index (χ4n) is 3.51. The van der Waals surface area contributed by atoms with Crippen LogP contribution in [0.2, 0.25) is 0 Å². The van der Waals surface area contributed by atoms with Crippen molar-refractivity contribution in [2.24, 2.45) is 0 Å². The van der Waals surface area contributed by atoms with Gasteiger partial charge in [-0.15, -0.1) is 0 Å². The smallest absolute Gasteiger partial charge is 0.410 e. The molecule has 1 atom stereocenters. The Hall–Kier alpha value is -2.57. The largest absolute Gasteiger partial charge is 0.447 e. The van der Waals surface area contributed by atoms with Crippen LogP contribution in [0.25, 0.3) is 10.9 Å². The number of benzene rings is 1. The van der Waals surface area contributed by atoms with Crippen molar-refractivity contribution in [3.63, 3.8) is 0 Å². The molecule has 1 unspecified atom stereocenters. The van der Waals surface area contributed by atoms with Gasteiger partial charge in [-0.25, -0.2) is 4.79 Å². The second-order valence-corrected chi connectivity index (χ2v) is 6.13. The number of cyclic esters (lactones) is 1. The van der Waals surface area contributed by atoms with Crippen LogP contribution >= 0.6 is 0 Å². The summed E-state index contributed by atoms with van der Waals surface area (Å²) in [5, 5.41) is 7.91. The SMILES string of the molecule is CCC12COC(=O)N1CCN(C(=O)c1n[nH]c3ccccc13)C2. The van der Waals surface area contributed by atoms with Crippen molar-refractivity contribution in [3.8, 4) is 0 Å². The van der Waals surface area contributed by atoms with Crippen LogP contribution in [-0.4, -0.2) is 63.8 Å². The quantitative estimate of drug-likeness (QED) is 0.913. The number of nitrogens with zero attached hydrogens (tertiary/aromatic N) is 3. The van der Waals surface area contributed by atoms with Gasteiger partial charge in [0.15, 0.2) is 5.69 Å². The van der Waals surface area contributed by atoms with Gasteiger partial charge in [0.2, 0.25) is 0 Å². The maximum Gasteiger partial charge on any atom is 0.410 e. The normalized spacial score (nSPS) is 24.0. The van der Waals surface area contributed by atoms with Gasteiger partial charge in [-0.3, -0.25) is 14.8 Å². The van der Waals surface area contributed by atoms with E-state index in [-0.39, 0.29) is 12.0 Å². The number of fused-ring (bicyclic) bond motifs is 2. The van der Waals surface area contributed by atoms with Crippen molar-refractivity contribution in [1.29, 1.82) is 0 Å². The van der Waals surface area contributed by atoms with Crippen molar-refractivity contribution >= 4 is 22.9 Å². The predicted octanol–water partition coefficient (Wildman–Crippen LogP) is 1.62. The third-order valence-corrected chi connectivity index (χ3v) is 4.95. The van der Waals surface area contributed by atoms with E-state index in [0.29, 0.717) is 31.9 Å². The molecule has 1 aromatic carbocycles. The number of aromatic nitrogens is 2. The van der Waals surface area contributed by atoms with E-state index in [1.807, 2.05) is 31.2 Å². The van der Waals surface area contributed by atoms with Gasteiger partial charge in [0.05, 0.1) is 11.1 Å². The van der Waals surface area contributed by atoms with E-state index in [2.05, 4.69) is 10.2 Å². The van der Waals surface area contributed by atoms with E-state index in [1.54, 1.807) is 9.80 Å². The first-order chi connectivity index (χ1) is 11.1. The zero-order valence-corrected chi connectivity index (χ0v) is 12.9. The van der Waals surface area contributed by atoms with Gasteiger partial charge in [-0.1, -0.05) is 25.1 Å². The van der Waals surface area contributed by atoms with Crippen LogP contribution in [0.4, 0.5) is 4.79 Å². The third kappa shape index (κ3) is 1.99. The molecule has 0 spiro atoms. The van der Waals surface area contributed by atoms with E-state index in [0.717, 1.165) is 17.3 Å². The Morgan fingerprint density at radius 2 is 2.22 bits per heavy atom. The Morgan fingerprint density at radius 1 is 1.39 bits per heavy atom. The average Bonchev–Trinajstić information content (AvgIpc) is 3.16.